The van der Waals surface area contributed by atoms with Crippen LogP contribution in [0.5, 0.6) is 0 Å². The molecule has 0 saturated heterocycles. The van der Waals surface area contributed by atoms with E-state index in [1.165, 1.54) is 43.8 Å². The summed E-state index contributed by atoms with van der Waals surface area (Å²) in [7, 11) is 0. The van der Waals surface area contributed by atoms with Gasteiger partial charge in [-0.2, -0.15) is 0 Å². The van der Waals surface area contributed by atoms with Crippen molar-refractivity contribution in [3.05, 3.63) is 82.9 Å². The van der Waals surface area contributed by atoms with Crippen LogP contribution in [-0.4, -0.2) is 5.96 Å². The van der Waals surface area contributed by atoms with E-state index in [2.05, 4.69) is 92.5 Å². The number of anilines is 2. The summed E-state index contributed by atoms with van der Waals surface area (Å²) in [6.45, 7) is 0. The van der Waals surface area contributed by atoms with Gasteiger partial charge in [-0.3, -0.25) is 10.3 Å². The Bertz CT molecular complexity index is 1280. The Hall–Kier alpha value is -2.37. The lowest BCUT2D eigenvalue weighted by Gasteiger charge is -2.29. The van der Waals surface area contributed by atoms with Crippen LogP contribution in [0.15, 0.2) is 60.7 Å². The zero-order valence-electron chi connectivity index (χ0n) is 16.1. The van der Waals surface area contributed by atoms with Crippen LogP contribution in [-0.2, 0) is 12.8 Å². The smallest absolute Gasteiger partial charge is 0.197 e. The zero-order valence-corrected chi connectivity index (χ0v) is 19.3. The number of hydrogen-bond acceptors (Lipinski definition) is 1. The van der Waals surface area contributed by atoms with Gasteiger partial charge in [-0.25, -0.2) is 0 Å². The van der Waals surface area contributed by atoms with Gasteiger partial charge in [0.05, 0.1) is 11.4 Å². The number of guanidine groups is 1. The third-order valence-electron chi connectivity index (χ3n) is 6.45. The summed E-state index contributed by atoms with van der Waals surface area (Å²) >= 11 is 7.81. The van der Waals surface area contributed by atoms with E-state index in [1.54, 1.807) is 0 Å². The normalized spacial score (nSPS) is 19.0. The minimum Gasteiger partial charge on any atom is -0.369 e. The molecule has 6 rings (SSSR count). The molecule has 3 N–H and O–H groups in total. The molecule has 2 aliphatic carbocycles. The first-order chi connectivity index (χ1) is 14.5. The maximum Gasteiger partial charge on any atom is 0.197 e. The van der Waals surface area contributed by atoms with Crippen molar-refractivity contribution in [2.24, 2.45) is 5.73 Å². The fraction of sp³-hybridized carbons (Fsp3) is 0.160. The van der Waals surface area contributed by atoms with Crippen LogP contribution >= 0.6 is 31.9 Å². The van der Waals surface area contributed by atoms with Gasteiger partial charge >= 0.3 is 0 Å². The summed E-state index contributed by atoms with van der Waals surface area (Å²) in [5, 5.41) is 13.6. The highest BCUT2D eigenvalue weighted by Crippen LogP contribution is 2.51. The summed E-state index contributed by atoms with van der Waals surface area (Å²) in [6, 6.07) is 21.5. The maximum absolute atomic E-state index is 8.53. The van der Waals surface area contributed by atoms with Gasteiger partial charge in [0, 0.05) is 9.65 Å². The van der Waals surface area contributed by atoms with Gasteiger partial charge in [-0.05, 0) is 68.8 Å². The molecule has 3 nitrogen and oxygen atoms in total. The van der Waals surface area contributed by atoms with Gasteiger partial charge in [0.1, 0.15) is 0 Å². The highest BCUT2D eigenvalue weighted by atomic mass is 79.9. The van der Waals surface area contributed by atoms with Gasteiger partial charge < -0.3 is 5.73 Å². The molecule has 0 saturated carbocycles. The average Bonchev–Trinajstić information content (AvgIpc) is 3.25. The van der Waals surface area contributed by atoms with Crippen LogP contribution in [0, 0.1) is 5.41 Å². The van der Waals surface area contributed by atoms with Crippen molar-refractivity contribution in [2.75, 3.05) is 4.90 Å². The molecule has 0 heterocycles. The second-order valence-electron chi connectivity index (χ2n) is 8.09. The Morgan fingerprint density at radius 3 is 1.67 bits per heavy atom. The molecule has 0 aromatic heterocycles. The van der Waals surface area contributed by atoms with Crippen LogP contribution < -0.4 is 10.6 Å². The Morgan fingerprint density at radius 1 is 0.767 bits per heavy atom. The molecule has 4 aromatic rings. The van der Waals surface area contributed by atoms with Gasteiger partial charge in [-0.1, -0.05) is 80.4 Å². The number of hydrogen-bond donors (Lipinski definition) is 2. The number of alkyl halides is 2. The highest BCUT2D eigenvalue weighted by Gasteiger charge is 2.32. The van der Waals surface area contributed by atoms with Crippen molar-refractivity contribution in [2.45, 2.75) is 22.5 Å². The van der Waals surface area contributed by atoms with E-state index < -0.39 is 0 Å². The molecule has 0 bridgehead atoms. The minimum absolute atomic E-state index is 0.0364. The number of rotatable bonds is 2. The Labute approximate surface area is 191 Å². The third-order valence-corrected chi connectivity index (χ3v) is 8.01. The van der Waals surface area contributed by atoms with E-state index in [1.807, 2.05) is 4.90 Å². The van der Waals surface area contributed by atoms with Gasteiger partial charge in [0.15, 0.2) is 5.96 Å². The van der Waals surface area contributed by atoms with E-state index in [9.17, 15) is 0 Å². The topological polar surface area (TPSA) is 53.1 Å². The van der Waals surface area contributed by atoms with E-state index in [-0.39, 0.29) is 15.6 Å². The Morgan fingerprint density at radius 2 is 1.23 bits per heavy atom. The standard InChI is InChI=1S/C25H19Br2N3/c26-17-11-15-5-1-3-13-7-9-19(23(17)21(13)15)30(25(28)29)20-10-8-14-4-2-6-16-12-18(27)24(20)22(14)16/h1-10,17-18H,11-12H2,(H3,28,29). The summed E-state index contributed by atoms with van der Waals surface area (Å²) in [5.41, 5.74) is 13.4. The Balaban J connectivity index is 1.66. The van der Waals surface area contributed by atoms with Crippen molar-refractivity contribution in [1.29, 1.82) is 5.41 Å². The number of halogens is 2. The molecule has 30 heavy (non-hydrogen) atoms. The molecule has 2 aliphatic rings. The SMILES string of the molecule is N=C(N)N(c1ccc2cccc3c2c1C(Br)C3)c1ccc2cccc3c2c1C(Br)C3. The minimum atomic E-state index is 0.0364. The second kappa shape index (κ2) is 6.56. The molecule has 2 unspecified atom stereocenters. The van der Waals surface area contributed by atoms with Gasteiger partial charge in [0.2, 0.25) is 0 Å². The lowest BCUT2D eigenvalue weighted by molar-refractivity contribution is 0.996. The summed E-state index contributed by atoms with van der Waals surface area (Å²) in [4.78, 5) is 2.34. The predicted molar refractivity (Wildman–Crippen MR) is 133 cm³/mol. The fourth-order valence-corrected chi connectivity index (χ4v) is 6.92. The van der Waals surface area contributed by atoms with Crippen LogP contribution in [0.25, 0.3) is 21.5 Å². The van der Waals surface area contributed by atoms with Crippen LogP contribution in [0.1, 0.15) is 31.9 Å². The van der Waals surface area contributed by atoms with Crippen molar-refractivity contribution in [3.8, 4) is 0 Å². The lowest BCUT2D eigenvalue weighted by Crippen LogP contribution is -2.33. The predicted octanol–water partition coefficient (Wildman–Crippen LogP) is 7.01. The van der Waals surface area contributed by atoms with Crippen LogP contribution in [0.3, 0.4) is 0 Å². The maximum atomic E-state index is 8.53. The molecule has 4 aromatic carbocycles. The van der Waals surface area contributed by atoms with E-state index >= 15 is 0 Å². The summed E-state index contributed by atoms with van der Waals surface area (Å²) in [5.74, 6) is 0.0364. The van der Waals surface area contributed by atoms with Crippen molar-refractivity contribution >= 4 is 70.7 Å². The largest absolute Gasteiger partial charge is 0.369 e. The molecule has 0 fully saturated rings. The molecule has 5 heteroatoms. The highest BCUT2D eigenvalue weighted by molar-refractivity contribution is 9.09. The first kappa shape index (κ1) is 18.4. The lowest BCUT2D eigenvalue weighted by atomic mass is 10.00. The number of nitrogens with two attached hydrogens (primary N) is 1. The van der Waals surface area contributed by atoms with E-state index in [4.69, 9.17) is 11.1 Å². The fourth-order valence-electron chi connectivity index (χ4n) is 5.29. The monoisotopic (exact) mass is 519 g/mol. The van der Waals surface area contributed by atoms with Gasteiger partial charge in [-0.15, -0.1) is 0 Å². The summed E-state index contributed by atoms with van der Waals surface area (Å²) in [6.07, 6.45) is 1.90. The first-order valence-electron chi connectivity index (χ1n) is 10.1. The molecular weight excluding hydrogens is 502 g/mol. The summed E-state index contributed by atoms with van der Waals surface area (Å²) < 4.78 is 0. The van der Waals surface area contributed by atoms with Crippen molar-refractivity contribution < 1.29 is 0 Å². The number of benzene rings is 4. The van der Waals surface area contributed by atoms with E-state index in [0.717, 1.165) is 24.2 Å². The van der Waals surface area contributed by atoms with Crippen molar-refractivity contribution in [3.63, 3.8) is 0 Å². The van der Waals surface area contributed by atoms with Crippen LogP contribution in [0.4, 0.5) is 11.4 Å². The van der Waals surface area contributed by atoms with Crippen molar-refractivity contribution in [1.82, 2.24) is 0 Å². The Kier molecular flexibility index (Phi) is 4.03. The molecule has 0 radical (unpaired) electrons. The van der Waals surface area contributed by atoms with Gasteiger partial charge in [0.25, 0.3) is 0 Å². The quantitative estimate of drug-likeness (QED) is 0.170. The molecule has 2 atom stereocenters. The molecule has 0 spiro atoms. The number of nitrogens with zero attached hydrogens (tertiary/aromatic N) is 1. The molecule has 0 amide bonds. The van der Waals surface area contributed by atoms with Crippen LogP contribution in [0.2, 0.25) is 0 Å². The number of nitrogens with one attached hydrogen (secondary N) is 1. The molecule has 148 valence electrons. The van der Waals surface area contributed by atoms with E-state index in [0.29, 0.717) is 0 Å². The third kappa shape index (κ3) is 2.45. The molecule has 0 aliphatic heterocycles. The molecular formula is C25H19Br2N3. The zero-order chi connectivity index (χ0) is 20.6. The average molecular weight is 521 g/mol. The first-order valence-corrected chi connectivity index (χ1v) is 11.9. The second-order valence-corrected chi connectivity index (χ2v) is 10.3.